The average molecular weight is 251 g/mol. The summed E-state index contributed by atoms with van der Waals surface area (Å²) in [5.41, 5.74) is 4.70. The number of nitrogen functional groups attached to an aromatic ring is 1. The Labute approximate surface area is 110 Å². The Kier molecular flexibility index (Phi) is 2.96. The zero-order valence-electron chi connectivity index (χ0n) is 10.2. The van der Waals surface area contributed by atoms with Gasteiger partial charge in [-0.05, 0) is 17.7 Å². The third-order valence-electron chi connectivity index (χ3n) is 2.81. The molecule has 2 aromatic heterocycles. The van der Waals surface area contributed by atoms with Crippen molar-refractivity contribution >= 4 is 5.82 Å². The quantitative estimate of drug-likeness (QED) is 0.553. The summed E-state index contributed by atoms with van der Waals surface area (Å²) < 4.78 is 1.73. The highest BCUT2D eigenvalue weighted by Crippen LogP contribution is 2.19. The van der Waals surface area contributed by atoms with E-state index in [0.29, 0.717) is 5.82 Å². The highest BCUT2D eigenvalue weighted by Gasteiger charge is 2.04. The number of nitrogens with zero attached hydrogens (tertiary/aromatic N) is 3. The molecule has 2 heterocycles. The first-order chi connectivity index (χ1) is 9.36. The first-order valence-electron chi connectivity index (χ1n) is 5.91. The molecule has 19 heavy (non-hydrogen) atoms. The predicted octanol–water partition coefficient (Wildman–Crippen LogP) is 2.22. The van der Waals surface area contributed by atoms with Crippen molar-refractivity contribution in [2.24, 2.45) is 5.84 Å². The van der Waals surface area contributed by atoms with Gasteiger partial charge in [0.15, 0.2) is 5.82 Å². The van der Waals surface area contributed by atoms with Crippen molar-refractivity contribution in [3.63, 3.8) is 0 Å². The maximum Gasteiger partial charge on any atom is 0.155 e. The van der Waals surface area contributed by atoms with Crippen molar-refractivity contribution in [1.82, 2.24) is 14.8 Å². The lowest BCUT2D eigenvalue weighted by atomic mass is 10.1. The fraction of sp³-hybridized carbons (Fsp3) is 0. The van der Waals surface area contributed by atoms with E-state index >= 15 is 0 Å². The number of hydrogen-bond donors (Lipinski definition) is 2. The van der Waals surface area contributed by atoms with Gasteiger partial charge in [-0.25, -0.2) is 15.5 Å². The van der Waals surface area contributed by atoms with E-state index in [1.807, 2.05) is 54.9 Å². The molecule has 0 aliphatic heterocycles. The summed E-state index contributed by atoms with van der Waals surface area (Å²) in [6.07, 6.45) is 3.76. The molecule has 0 amide bonds. The number of nitrogens with one attached hydrogen (secondary N) is 1. The average Bonchev–Trinajstić information content (AvgIpc) is 2.98. The summed E-state index contributed by atoms with van der Waals surface area (Å²) in [6.45, 7) is 0. The number of hydrogen-bond acceptors (Lipinski definition) is 4. The van der Waals surface area contributed by atoms with Gasteiger partial charge in [0, 0.05) is 11.8 Å². The Morgan fingerprint density at radius 3 is 2.58 bits per heavy atom. The van der Waals surface area contributed by atoms with Gasteiger partial charge in [-0.15, -0.1) is 0 Å². The number of anilines is 1. The van der Waals surface area contributed by atoms with Crippen LogP contribution in [0.25, 0.3) is 16.9 Å². The largest absolute Gasteiger partial charge is 0.308 e. The van der Waals surface area contributed by atoms with Crippen LogP contribution in [0.5, 0.6) is 0 Å². The molecule has 0 bridgehead atoms. The van der Waals surface area contributed by atoms with E-state index < -0.39 is 0 Å². The Morgan fingerprint density at radius 1 is 0.947 bits per heavy atom. The Hall–Kier alpha value is -2.66. The molecule has 1 aromatic carbocycles. The molecule has 5 heteroatoms. The van der Waals surface area contributed by atoms with E-state index in [4.69, 9.17) is 5.84 Å². The third-order valence-corrected chi connectivity index (χ3v) is 2.81. The number of pyridine rings is 1. The van der Waals surface area contributed by atoms with Crippen LogP contribution in [-0.2, 0) is 0 Å². The van der Waals surface area contributed by atoms with Crippen LogP contribution < -0.4 is 11.3 Å². The summed E-state index contributed by atoms with van der Waals surface area (Å²) in [5.74, 6) is 6.68. The van der Waals surface area contributed by atoms with Crippen LogP contribution in [0.15, 0.2) is 60.9 Å². The molecule has 3 rings (SSSR count). The van der Waals surface area contributed by atoms with Gasteiger partial charge >= 0.3 is 0 Å². The standard InChI is InChI=1S/C14H13N5/c15-18-13-7-4-8-14(17-13)19-10-12(9-16-19)11-5-2-1-3-6-11/h1-10H,15H2,(H,17,18). The summed E-state index contributed by atoms with van der Waals surface area (Å²) in [5, 5.41) is 4.32. The lowest BCUT2D eigenvalue weighted by Gasteiger charge is -2.03. The molecule has 0 atom stereocenters. The molecule has 0 saturated heterocycles. The number of benzene rings is 1. The van der Waals surface area contributed by atoms with Crippen LogP contribution in [0.1, 0.15) is 0 Å². The summed E-state index contributed by atoms with van der Waals surface area (Å²) in [4.78, 5) is 4.33. The Bertz CT molecular complexity index is 675. The molecule has 0 radical (unpaired) electrons. The van der Waals surface area contributed by atoms with Gasteiger partial charge in [-0.2, -0.15) is 5.10 Å². The first-order valence-corrected chi connectivity index (χ1v) is 5.91. The maximum absolute atomic E-state index is 5.35. The second kappa shape index (κ2) is 4.91. The highest BCUT2D eigenvalue weighted by molar-refractivity contribution is 5.61. The summed E-state index contributed by atoms with van der Waals surface area (Å²) in [6, 6.07) is 15.6. The summed E-state index contributed by atoms with van der Waals surface area (Å²) >= 11 is 0. The normalized spacial score (nSPS) is 10.4. The second-order valence-corrected chi connectivity index (χ2v) is 4.06. The molecule has 3 N–H and O–H groups in total. The van der Waals surface area contributed by atoms with Crippen molar-refractivity contribution in [3.05, 3.63) is 60.9 Å². The maximum atomic E-state index is 5.35. The molecule has 0 aliphatic rings. The molecule has 0 fully saturated rings. The summed E-state index contributed by atoms with van der Waals surface area (Å²) in [7, 11) is 0. The van der Waals surface area contributed by atoms with Crippen LogP contribution >= 0.6 is 0 Å². The van der Waals surface area contributed by atoms with E-state index in [2.05, 4.69) is 15.5 Å². The highest BCUT2D eigenvalue weighted by atomic mass is 15.3. The fourth-order valence-corrected chi connectivity index (χ4v) is 1.86. The van der Waals surface area contributed by atoms with Gasteiger partial charge in [0.2, 0.25) is 0 Å². The molecule has 0 saturated carbocycles. The van der Waals surface area contributed by atoms with Crippen LogP contribution in [0.2, 0.25) is 0 Å². The topological polar surface area (TPSA) is 68.8 Å². The van der Waals surface area contributed by atoms with E-state index in [0.717, 1.165) is 16.9 Å². The van der Waals surface area contributed by atoms with Crippen molar-refractivity contribution in [2.45, 2.75) is 0 Å². The second-order valence-electron chi connectivity index (χ2n) is 4.06. The van der Waals surface area contributed by atoms with E-state index in [1.165, 1.54) is 0 Å². The van der Waals surface area contributed by atoms with Gasteiger partial charge in [0.25, 0.3) is 0 Å². The molecule has 0 spiro atoms. The van der Waals surface area contributed by atoms with Crippen LogP contribution in [0.3, 0.4) is 0 Å². The van der Waals surface area contributed by atoms with Gasteiger partial charge in [0.05, 0.1) is 6.20 Å². The van der Waals surface area contributed by atoms with Crippen molar-refractivity contribution in [1.29, 1.82) is 0 Å². The fourth-order valence-electron chi connectivity index (χ4n) is 1.86. The van der Waals surface area contributed by atoms with Gasteiger partial charge in [0.1, 0.15) is 5.82 Å². The van der Waals surface area contributed by atoms with Gasteiger partial charge in [-0.3, -0.25) is 0 Å². The van der Waals surface area contributed by atoms with E-state index in [1.54, 1.807) is 10.7 Å². The van der Waals surface area contributed by atoms with E-state index in [9.17, 15) is 0 Å². The minimum absolute atomic E-state index is 0.606. The van der Waals surface area contributed by atoms with Crippen molar-refractivity contribution in [3.8, 4) is 16.9 Å². The van der Waals surface area contributed by atoms with Crippen LogP contribution in [-0.4, -0.2) is 14.8 Å². The van der Waals surface area contributed by atoms with Gasteiger partial charge in [-0.1, -0.05) is 36.4 Å². The minimum Gasteiger partial charge on any atom is -0.308 e. The Balaban J connectivity index is 1.97. The number of nitrogens with two attached hydrogens (primary N) is 1. The minimum atomic E-state index is 0.606. The molecular weight excluding hydrogens is 238 g/mol. The van der Waals surface area contributed by atoms with Crippen LogP contribution in [0.4, 0.5) is 5.82 Å². The smallest absolute Gasteiger partial charge is 0.155 e. The number of aromatic nitrogens is 3. The first kappa shape index (κ1) is 11.4. The molecule has 94 valence electrons. The molecule has 0 unspecified atom stereocenters. The lowest BCUT2D eigenvalue weighted by Crippen LogP contribution is -2.09. The number of hydrazine groups is 1. The third kappa shape index (κ3) is 2.31. The van der Waals surface area contributed by atoms with E-state index in [-0.39, 0.29) is 0 Å². The molecular formula is C14H13N5. The zero-order chi connectivity index (χ0) is 13.1. The monoisotopic (exact) mass is 251 g/mol. The van der Waals surface area contributed by atoms with Crippen molar-refractivity contribution in [2.75, 3.05) is 5.43 Å². The lowest BCUT2D eigenvalue weighted by molar-refractivity contribution is 0.847. The molecule has 0 aliphatic carbocycles. The molecule has 3 aromatic rings. The van der Waals surface area contributed by atoms with Gasteiger partial charge < -0.3 is 5.43 Å². The predicted molar refractivity (Wildman–Crippen MR) is 74.6 cm³/mol. The van der Waals surface area contributed by atoms with Crippen molar-refractivity contribution < 1.29 is 0 Å². The van der Waals surface area contributed by atoms with Crippen LogP contribution in [0, 0.1) is 0 Å². The molecule has 5 nitrogen and oxygen atoms in total. The SMILES string of the molecule is NNc1cccc(-n2cc(-c3ccccc3)cn2)n1. The number of rotatable bonds is 3. The zero-order valence-corrected chi connectivity index (χ0v) is 10.2. The Morgan fingerprint density at radius 2 is 1.79 bits per heavy atom.